The van der Waals surface area contributed by atoms with E-state index in [1.165, 1.54) is 0 Å². The number of aryl methyl sites for hydroxylation is 1. The first kappa shape index (κ1) is 18.7. The highest BCUT2D eigenvalue weighted by molar-refractivity contribution is 7.89. The molecule has 0 unspecified atom stereocenters. The molecule has 3 nitrogen and oxygen atoms in total. The first-order valence-electron chi connectivity index (χ1n) is 8.91. The van der Waals surface area contributed by atoms with Crippen LogP contribution in [0.1, 0.15) is 49.7 Å². The third-order valence-electron chi connectivity index (χ3n) is 5.48. The number of alkyl halides is 3. The minimum atomic E-state index is -4.28. The molecule has 1 saturated carbocycles. The van der Waals surface area contributed by atoms with Gasteiger partial charge in [-0.3, -0.25) is 0 Å². The number of halogens is 3. The van der Waals surface area contributed by atoms with Gasteiger partial charge in [0, 0.05) is 12.6 Å². The normalized spacial score (nSPS) is 27.5. The number of benzene rings is 1. The zero-order valence-electron chi connectivity index (χ0n) is 14.1. The van der Waals surface area contributed by atoms with E-state index in [2.05, 4.69) is 0 Å². The van der Waals surface area contributed by atoms with Gasteiger partial charge in [-0.05, 0) is 68.6 Å². The van der Waals surface area contributed by atoms with Crippen molar-refractivity contribution in [1.82, 2.24) is 4.31 Å². The molecule has 7 heteroatoms. The Bertz CT molecular complexity index is 677. The molecular weight excluding hydrogens is 351 g/mol. The van der Waals surface area contributed by atoms with Crippen molar-refractivity contribution in [3.63, 3.8) is 0 Å². The van der Waals surface area contributed by atoms with Crippen LogP contribution in [0.2, 0.25) is 0 Å². The smallest absolute Gasteiger partial charge is 0.212 e. The van der Waals surface area contributed by atoms with Crippen LogP contribution in [0.25, 0.3) is 0 Å². The summed E-state index contributed by atoms with van der Waals surface area (Å²) in [4.78, 5) is 0. The SMILES string of the molecule is O=S1(=O)CCCN1C1CCC(CCc2ccc(C(F)(F)F)cc2)CC1. The van der Waals surface area contributed by atoms with Crippen molar-refractivity contribution in [3.05, 3.63) is 35.4 Å². The van der Waals surface area contributed by atoms with Crippen molar-refractivity contribution < 1.29 is 21.6 Å². The van der Waals surface area contributed by atoms with Gasteiger partial charge < -0.3 is 0 Å². The number of hydrogen-bond acceptors (Lipinski definition) is 2. The minimum Gasteiger partial charge on any atom is -0.212 e. The molecule has 3 rings (SSSR count). The van der Waals surface area contributed by atoms with Crippen molar-refractivity contribution in [2.75, 3.05) is 12.3 Å². The van der Waals surface area contributed by atoms with E-state index in [1.807, 2.05) is 0 Å². The lowest BCUT2D eigenvalue weighted by Crippen LogP contribution is -2.39. The third-order valence-corrected chi connectivity index (χ3v) is 7.48. The molecule has 1 aromatic rings. The molecule has 0 aromatic heterocycles. The van der Waals surface area contributed by atoms with Gasteiger partial charge in [0.1, 0.15) is 0 Å². The fraction of sp³-hybridized carbons (Fsp3) is 0.667. The largest absolute Gasteiger partial charge is 0.416 e. The summed E-state index contributed by atoms with van der Waals surface area (Å²) >= 11 is 0. The van der Waals surface area contributed by atoms with Gasteiger partial charge >= 0.3 is 6.18 Å². The number of sulfonamides is 1. The maximum absolute atomic E-state index is 12.6. The lowest BCUT2D eigenvalue weighted by Gasteiger charge is -2.33. The van der Waals surface area contributed by atoms with Gasteiger partial charge in [0.15, 0.2) is 0 Å². The minimum absolute atomic E-state index is 0.148. The van der Waals surface area contributed by atoms with E-state index in [4.69, 9.17) is 0 Å². The molecule has 1 aliphatic carbocycles. The summed E-state index contributed by atoms with van der Waals surface area (Å²) in [5.74, 6) is 0.810. The van der Waals surface area contributed by atoms with Crippen LogP contribution in [-0.4, -0.2) is 31.1 Å². The summed E-state index contributed by atoms with van der Waals surface area (Å²) in [5.41, 5.74) is 0.320. The van der Waals surface area contributed by atoms with Crippen LogP contribution in [0, 0.1) is 5.92 Å². The standard InChI is InChI=1S/C18H24F3NO2S/c19-18(20,21)16-8-4-14(5-9-16)2-3-15-6-10-17(11-7-15)22-12-1-13-25(22,23)24/h4-5,8-9,15,17H,1-3,6-7,10-13H2. The highest BCUT2D eigenvalue weighted by Crippen LogP contribution is 2.34. The quantitative estimate of drug-likeness (QED) is 0.790. The Morgan fingerprint density at radius 2 is 1.68 bits per heavy atom. The molecule has 25 heavy (non-hydrogen) atoms. The van der Waals surface area contributed by atoms with E-state index in [9.17, 15) is 21.6 Å². The van der Waals surface area contributed by atoms with Crippen molar-refractivity contribution >= 4 is 10.0 Å². The zero-order valence-corrected chi connectivity index (χ0v) is 15.0. The first-order valence-corrected chi connectivity index (χ1v) is 10.5. The molecule has 0 amide bonds. The maximum atomic E-state index is 12.6. The molecule has 0 bridgehead atoms. The van der Waals surface area contributed by atoms with Crippen molar-refractivity contribution in [1.29, 1.82) is 0 Å². The third kappa shape index (κ3) is 4.56. The molecule has 0 spiro atoms. The maximum Gasteiger partial charge on any atom is 0.416 e. The topological polar surface area (TPSA) is 37.4 Å². The molecule has 1 saturated heterocycles. The van der Waals surface area contributed by atoms with Crippen LogP contribution >= 0.6 is 0 Å². The Hall–Kier alpha value is -1.08. The number of hydrogen-bond donors (Lipinski definition) is 0. The summed E-state index contributed by atoms with van der Waals surface area (Å²) in [6, 6.07) is 5.56. The first-order chi connectivity index (χ1) is 11.8. The molecule has 0 N–H and O–H groups in total. The summed E-state index contributed by atoms with van der Waals surface area (Å²) < 4.78 is 63.4. The van der Waals surface area contributed by atoms with Gasteiger partial charge in [-0.15, -0.1) is 0 Å². The monoisotopic (exact) mass is 375 g/mol. The zero-order chi connectivity index (χ0) is 18.1. The molecule has 0 atom stereocenters. The summed E-state index contributed by atoms with van der Waals surface area (Å²) in [6.07, 6.45) is 1.96. The average Bonchev–Trinajstić information content (AvgIpc) is 2.92. The Balaban J connectivity index is 1.47. The van der Waals surface area contributed by atoms with Crippen LogP contribution < -0.4 is 0 Å². The van der Waals surface area contributed by atoms with Crippen molar-refractivity contribution in [3.8, 4) is 0 Å². The fourth-order valence-corrected chi connectivity index (χ4v) is 5.82. The van der Waals surface area contributed by atoms with E-state index in [1.54, 1.807) is 16.4 Å². The Morgan fingerprint density at radius 1 is 1.04 bits per heavy atom. The van der Waals surface area contributed by atoms with E-state index in [0.717, 1.165) is 62.6 Å². The predicted molar refractivity (Wildman–Crippen MR) is 90.6 cm³/mol. The van der Waals surface area contributed by atoms with Crippen molar-refractivity contribution in [2.45, 2.75) is 57.2 Å². The Kier molecular flexibility index (Phi) is 5.44. The predicted octanol–water partition coefficient (Wildman–Crippen LogP) is 4.23. The summed E-state index contributed by atoms with van der Waals surface area (Å²) in [6.45, 7) is 0.656. The molecular formula is C18H24F3NO2S. The second kappa shape index (κ2) is 7.27. The summed E-state index contributed by atoms with van der Waals surface area (Å²) in [5, 5.41) is 0. The molecule has 2 aliphatic rings. The molecule has 2 fully saturated rings. The second-order valence-corrected chi connectivity index (χ2v) is 9.23. The number of rotatable bonds is 4. The highest BCUT2D eigenvalue weighted by atomic mass is 32.2. The van der Waals surface area contributed by atoms with Crippen LogP contribution in [-0.2, 0) is 22.6 Å². The van der Waals surface area contributed by atoms with Crippen LogP contribution in [0.5, 0.6) is 0 Å². The summed E-state index contributed by atoms with van der Waals surface area (Å²) in [7, 11) is -3.03. The van der Waals surface area contributed by atoms with E-state index < -0.39 is 21.8 Å². The Morgan fingerprint density at radius 3 is 2.20 bits per heavy atom. The van der Waals surface area contributed by atoms with Gasteiger partial charge in [-0.25, -0.2) is 8.42 Å². The molecule has 140 valence electrons. The van der Waals surface area contributed by atoms with Crippen LogP contribution in [0.4, 0.5) is 13.2 Å². The van der Waals surface area contributed by atoms with Gasteiger partial charge in [0.05, 0.1) is 11.3 Å². The van der Waals surface area contributed by atoms with E-state index >= 15 is 0 Å². The van der Waals surface area contributed by atoms with Crippen molar-refractivity contribution in [2.24, 2.45) is 5.92 Å². The van der Waals surface area contributed by atoms with Crippen LogP contribution in [0.15, 0.2) is 24.3 Å². The van der Waals surface area contributed by atoms with Gasteiger partial charge in [0.2, 0.25) is 10.0 Å². The average molecular weight is 375 g/mol. The molecule has 1 heterocycles. The molecule has 0 radical (unpaired) electrons. The lowest BCUT2D eigenvalue weighted by molar-refractivity contribution is -0.137. The van der Waals surface area contributed by atoms with Gasteiger partial charge in [-0.2, -0.15) is 17.5 Å². The van der Waals surface area contributed by atoms with Crippen LogP contribution in [0.3, 0.4) is 0 Å². The van der Waals surface area contributed by atoms with E-state index in [0.29, 0.717) is 12.5 Å². The van der Waals surface area contributed by atoms with E-state index in [-0.39, 0.29) is 11.8 Å². The fourth-order valence-electron chi connectivity index (χ4n) is 4.02. The second-order valence-electron chi connectivity index (χ2n) is 7.19. The molecule has 1 aliphatic heterocycles. The van der Waals surface area contributed by atoms with Gasteiger partial charge in [0.25, 0.3) is 0 Å². The molecule has 1 aromatic carbocycles. The lowest BCUT2D eigenvalue weighted by atomic mass is 9.82. The van der Waals surface area contributed by atoms with Gasteiger partial charge in [-0.1, -0.05) is 12.1 Å². The number of nitrogens with zero attached hydrogens (tertiary/aromatic N) is 1. The highest BCUT2D eigenvalue weighted by Gasteiger charge is 2.36. The Labute approximate surface area is 147 Å².